The van der Waals surface area contributed by atoms with E-state index in [-0.39, 0.29) is 12.1 Å². The van der Waals surface area contributed by atoms with Gasteiger partial charge < -0.3 is 10.6 Å². The number of rotatable bonds is 3. The van der Waals surface area contributed by atoms with E-state index in [2.05, 4.69) is 20.2 Å². The largest absolute Gasteiger partial charge is 0.336 e. The summed E-state index contributed by atoms with van der Waals surface area (Å²) >= 11 is 1.32. The number of urea groups is 1. The summed E-state index contributed by atoms with van der Waals surface area (Å²) in [6, 6.07) is 7.41. The second-order valence-electron chi connectivity index (χ2n) is 4.12. The van der Waals surface area contributed by atoms with Crippen LogP contribution in [0, 0.1) is 0 Å². The number of aromatic nitrogens is 2. The van der Waals surface area contributed by atoms with E-state index >= 15 is 0 Å². The molecule has 94 valence electrons. The molecule has 0 fully saturated rings. The lowest BCUT2D eigenvalue weighted by Gasteiger charge is -2.10. The maximum absolute atomic E-state index is 11.5. The minimum absolute atomic E-state index is 0.116. The van der Waals surface area contributed by atoms with E-state index in [1.807, 2.05) is 43.5 Å². The van der Waals surface area contributed by atoms with Gasteiger partial charge in [0.25, 0.3) is 0 Å². The molecule has 0 saturated heterocycles. The van der Waals surface area contributed by atoms with E-state index in [0.717, 1.165) is 16.9 Å². The van der Waals surface area contributed by atoms with Crippen LogP contribution in [-0.4, -0.2) is 21.7 Å². The first-order valence-corrected chi connectivity index (χ1v) is 6.44. The van der Waals surface area contributed by atoms with Crippen LogP contribution in [0.5, 0.6) is 0 Å². The molecule has 5 nitrogen and oxygen atoms in total. The summed E-state index contributed by atoms with van der Waals surface area (Å²) in [6.07, 6.45) is 0. The number of amides is 2. The van der Waals surface area contributed by atoms with E-state index < -0.39 is 0 Å². The van der Waals surface area contributed by atoms with Crippen LogP contribution in [0.3, 0.4) is 0 Å². The van der Waals surface area contributed by atoms with Crippen molar-refractivity contribution in [1.29, 1.82) is 0 Å². The molecule has 0 aliphatic carbocycles. The van der Waals surface area contributed by atoms with Crippen molar-refractivity contribution in [3.63, 3.8) is 0 Å². The molecule has 0 spiro atoms. The quantitative estimate of drug-likeness (QED) is 0.893. The topological polar surface area (TPSA) is 66.9 Å². The summed E-state index contributed by atoms with van der Waals surface area (Å²) in [5.74, 6) is 0. The Morgan fingerprint density at radius 2 is 2.00 bits per heavy atom. The van der Waals surface area contributed by atoms with Gasteiger partial charge in [0.15, 0.2) is 0 Å². The highest BCUT2D eigenvalue weighted by atomic mass is 32.1. The van der Waals surface area contributed by atoms with E-state index in [1.165, 1.54) is 11.5 Å². The van der Waals surface area contributed by atoms with Crippen molar-refractivity contribution in [2.24, 2.45) is 0 Å². The van der Waals surface area contributed by atoms with Crippen LogP contribution in [0.4, 0.5) is 10.5 Å². The van der Waals surface area contributed by atoms with Gasteiger partial charge in [-0.2, -0.15) is 0 Å². The van der Waals surface area contributed by atoms with E-state index in [4.69, 9.17) is 0 Å². The summed E-state index contributed by atoms with van der Waals surface area (Å²) in [7, 11) is 0. The maximum Gasteiger partial charge on any atom is 0.319 e. The van der Waals surface area contributed by atoms with Crippen molar-refractivity contribution >= 4 is 23.3 Å². The number of carbonyl (C=O) groups is 1. The highest BCUT2D eigenvalue weighted by molar-refractivity contribution is 7.03. The van der Waals surface area contributed by atoms with Gasteiger partial charge in [-0.15, -0.1) is 5.10 Å². The average molecular weight is 262 g/mol. The molecule has 0 saturated carbocycles. The van der Waals surface area contributed by atoms with Crippen molar-refractivity contribution in [2.75, 3.05) is 5.32 Å². The lowest BCUT2D eigenvalue weighted by Crippen LogP contribution is -2.34. The molecule has 0 aliphatic rings. The normalized spacial score (nSPS) is 10.4. The highest BCUT2D eigenvalue weighted by Crippen LogP contribution is 2.19. The lowest BCUT2D eigenvalue weighted by atomic mass is 10.1. The Labute approximate surface area is 109 Å². The Morgan fingerprint density at radius 3 is 2.56 bits per heavy atom. The molecular weight excluding hydrogens is 248 g/mol. The first-order chi connectivity index (χ1) is 8.65. The molecule has 2 rings (SSSR count). The van der Waals surface area contributed by atoms with Gasteiger partial charge in [0.1, 0.15) is 5.69 Å². The van der Waals surface area contributed by atoms with Crippen LogP contribution < -0.4 is 10.6 Å². The average Bonchev–Trinajstić information content (AvgIpc) is 2.82. The Hall–Kier alpha value is -1.95. The molecule has 0 radical (unpaired) electrons. The Bertz CT molecular complexity index is 507. The number of anilines is 1. The number of hydrogen-bond donors (Lipinski definition) is 2. The fourth-order valence-corrected chi connectivity index (χ4v) is 1.91. The molecule has 2 amide bonds. The van der Waals surface area contributed by atoms with Crippen LogP contribution in [-0.2, 0) is 0 Å². The zero-order valence-corrected chi connectivity index (χ0v) is 11.0. The summed E-state index contributed by atoms with van der Waals surface area (Å²) in [5.41, 5.74) is 2.58. The molecular formula is C12H14N4OS. The number of carbonyl (C=O) groups excluding carboxylic acids is 1. The van der Waals surface area contributed by atoms with E-state index in [1.54, 1.807) is 0 Å². The fraction of sp³-hybridized carbons (Fsp3) is 0.250. The zero-order chi connectivity index (χ0) is 13.0. The first kappa shape index (κ1) is 12.5. The molecule has 1 aromatic heterocycles. The Morgan fingerprint density at radius 1 is 1.28 bits per heavy atom. The summed E-state index contributed by atoms with van der Waals surface area (Å²) in [6.45, 7) is 3.83. The van der Waals surface area contributed by atoms with Crippen molar-refractivity contribution < 1.29 is 4.79 Å². The van der Waals surface area contributed by atoms with Gasteiger partial charge in [0.05, 0.1) is 0 Å². The van der Waals surface area contributed by atoms with Crippen molar-refractivity contribution in [1.82, 2.24) is 14.9 Å². The summed E-state index contributed by atoms with van der Waals surface area (Å²) in [5, 5.41) is 11.4. The minimum atomic E-state index is -0.201. The summed E-state index contributed by atoms with van der Waals surface area (Å²) < 4.78 is 3.81. The molecule has 1 heterocycles. The van der Waals surface area contributed by atoms with Crippen molar-refractivity contribution in [2.45, 2.75) is 19.9 Å². The third kappa shape index (κ3) is 3.27. The van der Waals surface area contributed by atoms with E-state index in [9.17, 15) is 4.79 Å². The molecule has 18 heavy (non-hydrogen) atoms. The zero-order valence-electron chi connectivity index (χ0n) is 10.2. The van der Waals surface area contributed by atoms with Gasteiger partial charge in [-0.1, -0.05) is 16.6 Å². The van der Waals surface area contributed by atoms with Crippen LogP contribution in [0.2, 0.25) is 0 Å². The molecule has 2 aromatic rings. The predicted octanol–water partition coefficient (Wildman–Crippen LogP) is 2.74. The highest BCUT2D eigenvalue weighted by Gasteiger charge is 2.04. The molecule has 0 unspecified atom stereocenters. The number of nitrogens with zero attached hydrogens (tertiary/aromatic N) is 2. The number of nitrogens with one attached hydrogen (secondary N) is 2. The Kier molecular flexibility index (Phi) is 3.88. The SMILES string of the molecule is CC(C)NC(=O)Nc1ccc(-c2csnn2)cc1. The maximum atomic E-state index is 11.5. The lowest BCUT2D eigenvalue weighted by molar-refractivity contribution is 0.250. The van der Waals surface area contributed by atoms with Gasteiger partial charge in [-0.25, -0.2) is 4.79 Å². The summed E-state index contributed by atoms with van der Waals surface area (Å²) in [4.78, 5) is 11.5. The minimum Gasteiger partial charge on any atom is -0.336 e. The third-order valence-electron chi connectivity index (χ3n) is 2.22. The van der Waals surface area contributed by atoms with Gasteiger partial charge in [0, 0.05) is 22.7 Å². The molecule has 1 aromatic carbocycles. The van der Waals surface area contributed by atoms with Gasteiger partial charge in [-0.3, -0.25) is 0 Å². The smallest absolute Gasteiger partial charge is 0.319 e. The van der Waals surface area contributed by atoms with Gasteiger partial charge in [0.2, 0.25) is 0 Å². The molecule has 0 atom stereocenters. The number of benzene rings is 1. The van der Waals surface area contributed by atoms with Crippen molar-refractivity contribution in [3.05, 3.63) is 29.6 Å². The monoisotopic (exact) mass is 262 g/mol. The van der Waals surface area contributed by atoms with Crippen LogP contribution >= 0.6 is 11.5 Å². The second-order valence-corrected chi connectivity index (χ2v) is 4.73. The molecule has 6 heteroatoms. The van der Waals surface area contributed by atoms with Crippen LogP contribution in [0.15, 0.2) is 29.6 Å². The molecule has 0 aliphatic heterocycles. The second kappa shape index (κ2) is 5.59. The van der Waals surface area contributed by atoms with Crippen LogP contribution in [0.1, 0.15) is 13.8 Å². The van der Waals surface area contributed by atoms with Gasteiger partial charge in [-0.05, 0) is 37.5 Å². The third-order valence-corrected chi connectivity index (χ3v) is 2.72. The van der Waals surface area contributed by atoms with Gasteiger partial charge >= 0.3 is 6.03 Å². The first-order valence-electron chi connectivity index (χ1n) is 5.60. The Balaban J connectivity index is 2.02. The number of hydrogen-bond acceptors (Lipinski definition) is 4. The standard InChI is InChI=1S/C12H14N4OS/c1-8(2)13-12(17)14-10-5-3-9(4-6-10)11-7-18-16-15-11/h3-8H,1-2H3,(H2,13,14,17). The molecule has 0 bridgehead atoms. The molecule has 2 N–H and O–H groups in total. The van der Waals surface area contributed by atoms with Crippen molar-refractivity contribution in [3.8, 4) is 11.3 Å². The van der Waals surface area contributed by atoms with E-state index in [0.29, 0.717) is 0 Å². The predicted molar refractivity (Wildman–Crippen MR) is 72.6 cm³/mol. The fourth-order valence-electron chi connectivity index (χ4n) is 1.44. The van der Waals surface area contributed by atoms with Crippen LogP contribution in [0.25, 0.3) is 11.3 Å².